The number of amides is 1. The largest absolute Gasteiger partial charge is 0.442 e. The molecule has 1 saturated carbocycles. The summed E-state index contributed by atoms with van der Waals surface area (Å²) in [5.41, 5.74) is 12.6. The summed E-state index contributed by atoms with van der Waals surface area (Å²) >= 11 is 0. The number of oxazole rings is 1. The zero-order valence-corrected chi connectivity index (χ0v) is 42.1. The third-order valence-corrected chi connectivity index (χ3v) is 15.2. The van der Waals surface area contributed by atoms with Crippen LogP contribution in [0.25, 0.3) is 44.1 Å². The van der Waals surface area contributed by atoms with Crippen LogP contribution in [-0.4, -0.2) is 92.0 Å². The first kappa shape index (κ1) is 51.0. The van der Waals surface area contributed by atoms with Gasteiger partial charge in [0.05, 0.1) is 41.3 Å². The second-order valence-corrected chi connectivity index (χ2v) is 23.4. The maximum Gasteiger partial charge on any atom is 0.411 e. The van der Waals surface area contributed by atoms with E-state index >= 15 is 8.78 Å². The van der Waals surface area contributed by atoms with Crippen LogP contribution in [0.3, 0.4) is 0 Å². The summed E-state index contributed by atoms with van der Waals surface area (Å²) in [5.74, 6) is -4.75. The van der Waals surface area contributed by atoms with Crippen LogP contribution in [0.1, 0.15) is 107 Å². The molecule has 1 amide bonds. The van der Waals surface area contributed by atoms with E-state index in [4.69, 9.17) is 30.1 Å². The lowest BCUT2D eigenvalue weighted by Gasteiger charge is -2.34. The van der Waals surface area contributed by atoms with E-state index in [0.29, 0.717) is 90.3 Å². The molecular formula is C52H54F2N6O11S2. The van der Waals surface area contributed by atoms with E-state index in [2.05, 4.69) is 15.0 Å². The average Bonchev–Trinajstić information content (AvgIpc) is 4.13. The maximum absolute atomic E-state index is 15.9. The number of carbonyl (C=O) groups excluding carboxylic acids is 3. The predicted octanol–water partition coefficient (Wildman–Crippen LogP) is 8.52. The van der Waals surface area contributed by atoms with Crippen molar-refractivity contribution in [3.63, 3.8) is 0 Å². The van der Waals surface area contributed by atoms with Gasteiger partial charge in [-0.15, -0.1) is 0 Å². The van der Waals surface area contributed by atoms with Gasteiger partial charge in [-0.3, -0.25) is 4.90 Å². The van der Waals surface area contributed by atoms with Crippen molar-refractivity contribution in [2.45, 2.75) is 87.7 Å². The molecular weight excluding hydrogens is 987 g/mol. The molecule has 9 rings (SSSR count). The predicted molar refractivity (Wildman–Crippen MR) is 268 cm³/mol. The smallest absolute Gasteiger partial charge is 0.411 e. The van der Waals surface area contributed by atoms with Crippen molar-refractivity contribution in [2.75, 3.05) is 25.6 Å². The van der Waals surface area contributed by atoms with Crippen LogP contribution in [0.2, 0.25) is 0 Å². The van der Waals surface area contributed by atoms with Crippen molar-refractivity contribution >= 4 is 59.5 Å². The Kier molecular flexibility index (Phi) is 13.8. The maximum atomic E-state index is 15.9. The van der Waals surface area contributed by atoms with E-state index < -0.39 is 78.6 Å². The van der Waals surface area contributed by atoms with Crippen molar-refractivity contribution in [1.29, 1.82) is 0 Å². The standard InChI is InChI=1S/C52H54F2N6O11S2/c1-28(60-27-52(71-51(60)63)19-17-34(56)18-20-52)36-9-5-11-38-42(30-13-15-32(40(53)22-30)25-72(3,64)65)46(58-44(36)38)48(61)70-49(62)47-43(31-14-16-33(41(54)23-31)26-73(4,66)67)39-12-6-10-37(45(39)59-47)29(2)68-50-57-24-35(69-50)8-7-21-55/h5-6,9-16,22-24,28-29,34,58-59H,7-8,17-21,25-27,55-56H2,1-4H3/t28-,29-,34?,52?/m0/s1. The summed E-state index contributed by atoms with van der Waals surface area (Å²) in [5, 5.41) is 0.767. The molecule has 6 N–H and O–H groups in total. The summed E-state index contributed by atoms with van der Waals surface area (Å²) in [7, 11) is -7.28. The highest BCUT2D eigenvalue weighted by atomic mass is 32.2. The van der Waals surface area contributed by atoms with Gasteiger partial charge in [0.25, 0.3) is 0 Å². The molecule has 4 aromatic carbocycles. The molecule has 17 nitrogen and oxygen atoms in total. The number of rotatable bonds is 16. The Bertz CT molecular complexity index is 3540. The molecule has 0 radical (unpaired) electrons. The Morgan fingerprint density at radius 3 is 1.89 bits per heavy atom. The van der Waals surface area contributed by atoms with Crippen LogP contribution in [-0.2, 0) is 47.1 Å². The van der Waals surface area contributed by atoms with Crippen LogP contribution in [0.5, 0.6) is 6.08 Å². The van der Waals surface area contributed by atoms with Gasteiger partial charge in [-0.1, -0.05) is 60.7 Å². The number of esters is 2. The van der Waals surface area contributed by atoms with E-state index in [1.165, 1.54) is 30.5 Å². The van der Waals surface area contributed by atoms with Crippen LogP contribution in [0.15, 0.2) is 83.4 Å². The second kappa shape index (κ2) is 19.8. The minimum Gasteiger partial charge on any atom is -0.442 e. The molecule has 21 heteroatoms. The fourth-order valence-electron chi connectivity index (χ4n) is 9.96. The SMILES string of the molecule is C[C@H](Oc1ncc(CCCN)o1)c1cccc2c(-c3ccc(CS(C)(=O)=O)c(F)c3)c(C(=O)OC(=O)c3[nH]c4c([C@H](C)N5CC6(CCC(N)CC6)OC5=O)cccc4c3-c3ccc(CS(C)(=O)=O)c(F)c3)[nH]c12. The summed E-state index contributed by atoms with van der Waals surface area (Å²) < 4.78 is 104. The van der Waals surface area contributed by atoms with E-state index in [-0.39, 0.29) is 56.9 Å². The molecule has 4 heterocycles. The van der Waals surface area contributed by atoms with Crippen LogP contribution >= 0.6 is 0 Å². The molecule has 73 heavy (non-hydrogen) atoms. The zero-order chi connectivity index (χ0) is 52.1. The van der Waals surface area contributed by atoms with Gasteiger partial charge in [-0.25, -0.2) is 40.0 Å². The van der Waals surface area contributed by atoms with Crippen molar-refractivity contribution in [2.24, 2.45) is 11.5 Å². The summed E-state index contributed by atoms with van der Waals surface area (Å²) in [6.07, 6.45) is 5.98. The number of nitrogens with zero attached hydrogens (tertiary/aromatic N) is 2. The Labute approximate surface area is 419 Å². The number of hydrogen-bond donors (Lipinski definition) is 4. The summed E-state index contributed by atoms with van der Waals surface area (Å²) in [6, 6.07) is 17.3. The van der Waals surface area contributed by atoms with Gasteiger partial charge in [0.2, 0.25) is 0 Å². The first-order valence-corrected chi connectivity index (χ1v) is 27.8. The molecule has 384 valence electrons. The number of aromatic nitrogens is 3. The molecule has 7 aromatic rings. The number of nitrogens with one attached hydrogen (secondary N) is 2. The molecule has 2 aliphatic rings. The quantitative estimate of drug-likeness (QED) is 0.0523. The Balaban J connectivity index is 1.13. The molecule has 1 aliphatic heterocycles. The van der Waals surface area contributed by atoms with Gasteiger partial charge in [0, 0.05) is 63.6 Å². The van der Waals surface area contributed by atoms with Crippen LogP contribution < -0.4 is 16.2 Å². The number of hydrogen-bond acceptors (Lipinski definition) is 14. The van der Waals surface area contributed by atoms with Crippen molar-refractivity contribution in [3.8, 4) is 28.3 Å². The van der Waals surface area contributed by atoms with Gasteiger partial charge in [-0.2, -0.15) is 4.98 Å². The lowest BCUT2D eigenvalue weighted by Crippen LogP contribution is -2.42. The molecule has 0 bridgehead atoms. The number of fused-ring (bicyclic) bond motifs is 2. The average molecular weight is 1040 g/mol. The number of nitrogens with two attached hydrogens (primary N) is 2. The van der Waals surface area contributed by atoms with Gasteiger partial charge >= 0.3 is 24.1 Å². The summed E-state index contributed by atoms with van der Waals surface area (Å²) in [4.78, 5) is 55.1. The zero-order valence-electron chi connectivity index (χ0n) is 40.4. The minimum atomic E-state index is -3.65. The Morgan fingerprint density at radius 1 is 0.836 bits per heavy atom. The number of halogens is 2. The van der Waals surface area contributed by atoms with Gasteiger partial charge in [0.15, 0.2) is 19.7 Å². The number of ether oxygens (including phenoxy) is 3. The van der Waals surface area contributed by atoms with Gasteiger partial charge in [0.1, 0.15) is 40.5 Å². The molecule has 2 atom stereocenters. The lowest BCUT2D eigenvalue weighted by atomic mass is 9.82. The number of aryl methyl sites for hydroxylation is 1. The van der Waals surface area contributed by atoms with E-state index in [1.54, 1.807) is 48.2 Å². The second-order valence-electron chi connectivity index (χ2n) is 19.2. The third kappa shape index (κ3) is 10.6. The number of sulfone groups is 2. The highest BCUT2D eigenvalue weighted by molar-refractivity contribution is 7.90. The normalized spacial score (nSPS) is 18.1. The van der Waals surface area contributed by atoms with Crippen molar-refractivity contribution in [3.05, 3.63) is 130 Å². The molecule has 2 fully saturated rings. The number of aromatic amines is 2. The van der Waals surface area contributed by atoms with Gasteiger partial charge in [-0.05, 0) is 81.3 Å². The van der Waals surface area contributed by atoms with E-state index in [9.17, 15) is 31.2 Å². The number of H-pyrrole nitrogens is 2. The van der Waals surface area contributed by atoms with Crippen LogP contribution in [0, 0.1) is 11.6 Å². The first-order chi connectivity index (χ1) is 34.6. The van der Waals surface area contributed by atoms with Crippen molar-refractivity contribution in [1.82, 2.24) is 19.9 Å². The lowest BCUT2D eigenvalue weighted by molar-refractivity contribution is 0.0218. The minimum absolute atomic E-state index is 0.00960. The Hall–Kier alpha value is -6.94. The monoisotopic (exact) mass is 1040 g/mol. The first-order valence-electron chi connectivity index (χ1n) is 23.7. The van der Waals surface area contributed by atoms with Gasteiger partial charge < -0.3 is 40.1 Å². The third-order valence-electron chi connectivity index (χ3n) is 13.6. The van der Waals surface area contributed by atoms with E-state index in [1.807, 2.05) is 6.92 Å². The fourth-order valence-corrected chi connectivity index (χ4v) is 11.6. The topological polar surface area (TPSA) is 260 Å². The molecule has 1 aliphatic carbocycles. The van der Waals surface area contributed by atoms with E-state index in [0.717, 1.165) is 24.6 Å². The Morgan fingerprint density at radius 2 is 1.37 bits per heavy atom. The summed E-state index contributed by atoms with van der Waals surface area (Å²) in [6.45, 7) is 4.28. The van der Waals surface area contributed by atoms with Crippen LogP contribution in [0.4, 0.5) is 13.6 Å². The number of benzene rings is 4. The number of para-hydroxylation sites is 2. The van der Waals surface area contributed by atoms with Crippen molar-refractivity contribution < 1.29 is 58.6 Å². The highest BCUT2D eigenvalue weighted by Crippen LogP contribution is 2.44. The molecule has 1 saturated heterocycles. The molecule has 3 aromatic heterocycles. The number of carbonyl (C=O) groups is 3. The fraction of sp³-hybridized carbons (Fsp3) is 0.346. The molecule has 1 spiro atoms. The molecule has 0 unspecified atom stereocenters. The highest BCUT2D eigenvalue weighted by Gasteiger charge is 2.48.